The van der Waals surface area contributed by atoms with Crippen molar-refractivity contribution in [3.05, 3.63) is 0 Å². The predicted octanol–water partition coefficient (Wildman–Crippen LogP) is 3.87. The van der Waals surface area contributed by atoms with Crippen molar-refractivity contribution in [2.24, 2.45) is 11.8 Å². The van der Waals surface area contributed by atoms with Crippen LogP contribution in [0.1, 0.15) is 64.2 Å². The Bertz CT molecular complexity index is 263. The molecule has 0 aromatic rings. The highest BCUT2D eigenvalue weighted by Crippen LogP contribution is 2.28. The van der Waals surface area contributed by atoms with Crippen LogP contribution in [0.4, 0.5) is 0 Å². The van der Waals surface area contributed by atoms with Gasteiger partial charge < -0.3 is 5.32 Å². The molecule has 2 fully saturated rings. The number of amides is 1. The Hall–Kier alpha value is -0.240. The molecule has 0 saturated heterocycles. The van der Waals surface area contributed by atoms with Crippen molar-refractivity contribution in [2.75, 3.05) is 5.88 Å². The predicted molar refractivity (Wildman–Crippen MR) is 75.8 cm³/mol. The van der Waals surface area contributed by atoms with Gasteiger partial charge >= 0.3 is 0 Å². The van der Waals surface area contributed by atoms with E-state index >= 15 is 0 Å². The minimum atomic E-state index is 0.268. The molecule has 2 rings (SSSR count). The second-order valence-corrected chi connectivity index (χ2v) is 6.39. The quantitative estimate of drug-likeness (QED) is 0.773. The smallest absolute Gasteiger partial charge is 0.220 e. The van der Waals surface area contributed by atoms with Crippen LogP contribution in [0.3, 0.4) is 0 Å². The molecule has 1 N–H and O–H groups in total. The Morgan fingerprint density at radius 1 is 1.00 bits per heavy atom. The van der Waals surface area contributed by atoms with Crippen LogP contribution in [0.15, 0.2) is 0 Å². The number of carbonyl (C=O) groups is 1. The third kappa shape index (κ3) is 4.15. The minimum Gasteiger partial charge on any atom is -0.353 e. The maximum absolute atomic E-state index is 12.1. The lowest BCUT2D eigenvalue weighted by atomic mass is 9.84. The van der Waals surface area contributed by atoms with Crippen molar-refractivity contribution in [1.29, 1.82) is 0 Å². The van der Waals surface area contributed by atoms with Gasteiger partial charge in [-0.2, -0.15) is 0 Å². The molecule has 0 spiro atoms. The fraction of sp³-hybridized carbons (Fsp3) is 0.933. The zero-order chi connectivity index (χ0) is 12.8. The molecule has 104 valence electrons. The van der Waals surface area contributed by atoms with Gasteiger partial charge in [0.05, 0.1) is 0 Å². The topological polar surface area (TPSA) is 29.1 Å². The van der Waals surface area contributed by atoms with E-state index in [0.717, 1.165) is 12.8 Å². The van der Waals surface area contributed by atoms with Crippen molar-refractivity contribution in [1.82, 2.24) is 5.32 Å². The van der Waals surface area contributed by atoms with Gasteiger partial charge in [0, 0.05) is 18.3 Å². The lowest BCUT2D eigenvalue weighted by Gasteiger charge is -2.31. The standard InChI is InChI=1S/C15H26ClNO/c16-11-13-8-4-5-9-14(13)17-15(18)10-12-6-2-1-3-7-12/h12-14H,1-11H2,(H,17,18). The summed E-state index contributed by atoms with van der Waals surface area (Å²) in [6.07, 6.45) is 12.0. The van der Waals surface area contributed by atoms with Crippen LogP contribution in [0.2, 0.25) is 0 Å². The van der Waals surface area contributed by atoms with Gasteiger partial charge in [0.25, 0.3) is 0 Å². The Kier molecular flexibility index (Phi) is 5.81. The Balaban J connectivity index is 1.75. The Labute approximate surface area is 116 Å². The average Bonchev–Trinajstić information content (AvgIpc) is 2.40. The van der Waals surface area contributed by atoms with Gasteiger partial charge in [0.15, 0.2) is 0 Å². The first-order valence-electron chi connectivity index (χ1n) is 7.65. The van der Waals surface area contributed by atoms with Crippen molar-refractivity contribution in [3.8, 4) is 0 Å². The van der Waals surface area contributed by atoms with Crippen LogP contribution in [-0.4, -0.2) is 17.8 Å². The molecule has 2 unspecified atom stereocenters. The molecule has 2 atom stereocenters. The molecule has 1 amide bonds. The highest BCUT2D eigenvalue weighted by atomic mass is 35.5. The van der Waals surface area contributed by atoms with Crippen molar-refractivity contribution < 1.29 is 4.79 Å². The summed E-state index contributed by atoms with van der Waals surface area (Å²) < 4.78 is 0. The molecular formula is C15H26ClNO. The van der Waals surface area contributed by atoms with Crippen LogP contribution in [0, 0.1) is 11.8 Å². The number of rotatable bonds is 4. The maximum Gasteiger partial charge on any atom is 0.220 e. The number of carbonyl (C=O) groups excluding carboxylic acids is 1. The first kappa shape index (κ1) is 14.2. The molecule has 0 aliphatic heterocycles. The SMILES string of the molecule is O=C(CC1CCCCC1)NC1CCCCC1CCl. The van der Waals surface area contributed by atoms with Crippen molar-refractivity contribution >= 4 is 17.5 Å². The lowest BCUT2D eigenvalue weighted by molar-refractivity contribution is -0.123. The van der Waals surface area contributed by atoms with E-state index in [1.165, 1.54) is 51.4 Å². The van der Waals surface area contributed by atoms with Gasteiger partial charge in [0.1, 0.15) is 0 Å². The highest BCUT2D eigenvalue weighted by Gasteiger charge is 2.26. The van der Waals surface area contributed by atoms with Gasteiger partial charge in [-0.3, -0.25) is 4.79 Å². The normalized spacial score (nSPS) is 30.1. The number of hydrogen-bond acceptors (Lipinski definition) is 1. The average molecular weight is 272 g/mol. The van der Waals surface area contributed by atoms with E-state index in [9.17, 15) is 4.79 Å². The van der Waals surface area contributed by atoms with Gasteiger partial charge in [-0.25, -0.2) is 0 Å². The summed E-state index contributed by atoms with van der Waals surface area (Å²) in [7, 11) is 0. The second kappa shape index (κ2) is 7.37. The van der Waals surface area contributed by atoms with E-state index < -0.39 is 0 Å². The summed E-state index contributed by atoms with van der Waals surface area (Å²) in [5, 5.41) is 3.24. The van der Waals surface area contributed by atoms with Crippen molar-refractivity contribution in [3.63, 3.8) is 0 Å². The highest BCUT2D eigenvalue weighted by molar-refractivity contribution is 6.18. The summed E-state index contributed by atoms with van der Waals surface area (Å²) in [5.74, 6) is 2.09. The molecule has 0 bridgehead atoms. The molecule has 0 aromatic carbocycles. The minimum absolute atomic E-state index is 0.268. The second-order valence-electron chi connectivity index (χ2n) is 6.08. The van der Waals surface area contributed by atoms with Crippen LogP contribution in [0.5, 0.6) is 0 Å². The van der Waals surface area contributed by atoms with Crippen molar-refractivity contribution in [2.45, 2.75) is 70.3 Å². The molecule has 0 aromatic heterocycles. The lowest BCUT2D eigenvalue weighted by Crippen LogP contribution is -2.43. The van der Waals surface area contributed by atoms with Crippen LogP contribution < -0.4 is 5.32 Å². The zero-order valence-corrected chi connectivity index (χ0v) is 12.1. The molecule has 18 heavy (non-hydrogen) atoms. The zero-order valence-electron chi connectivity index (χ0n) is 11.3. The van der Waals surface area contributed by atoms with Gasteiger partial charge in [-0.15, -0.1) is 11.6 Å². The first-order valence-corrected chi connectivity index (χ1v) is 8.18. The number of hydrogen-bond donors (Lipinski definition) is 1. The molecule has 2 aliphatic rings. The van der Waals surface area contributed by atoms with Gasteiger partial charge in [-0.05, 0) is 37.5 Å². The fourth-order valence-corrected chi connectivity index (χ4v) is 3.87. The molecule has 2 aliphatic carbocycles. The Morgan fingerprint density at radius 3 is 2.39 bits per heavy atom. The van der Waals surface area contributed by atoms with E-state index in [0.29, 0.717) is 23.8 Å². The van der Waals surface area contributed by atoms with Gasteiger partial charge in [0.2, 0.25) is 5.91 Å². The summed E-state index contributed by atoms with van der Waals surface area (Å²) in [4.78, 5) is 12.1. The monoisotopic (exact) mass is 271 g/mol. The third-order valence-electron chi connectivity index (χ3n) is 4.65. The molecule has 3 heteroatoms. The largest absolute Gasteiger partial charge is 0.353 e. The number of nitrogens with one attached hydrogen (secondary N) is 1. The van der Waals surface area contributed by atoms with E-state index in [4.69, 9.17) is 11.6 Å². The van der Waals surface area contributed by atoms with E-state index in [1.54, 1.807) is 0 Å². The summed E-state index contributed by atoms with van der Waals surface area (Å²) in [5.41, 5.74) is 0. The Morgan fingerprint density at radius 2 is 1.67 bits per heavy atom. The number of alkyl halides is 1. The van der Waals surface area contributed by atoms with Gasteiger partial charge in [-0.1, -0.05) is 32.1 Å². The van der Waals surface area contributed by atoms with Crippen LogP contribution in [-0.2, 0) is 4.79 Å². The van der Waals surface area contributed by atoms with E-state index in [-0.39, 0.29) is 5.91 Å². The fourth-order valence-electron chi connectivity index (χ4n) is 3.50. The summed E-state index contributed by atoms with van der Waals surface area (Å²) in [6.45, 7) is 0. The molecular weight excluding hydrogens is 246 g/mol. The molecule has 0 radical (unpaired) electrons. The first-order chi connectivity index (χ1) is 8.79. The van der Waals surface area contributed by atoms with Crippen LogP contribution >= 0.6 is 11.6 Å². The van der Waals surface area contributed by atoms with E-state index in [1.807, 2.05) is 0 Å². The van der Waals surface area contributed by atoms with E-state index in [2.05, 4.69) is 5.32 Å². The molecule has 2 saturated carbocycles. The molecule has 2 nitrogen and oxygen atoms in total. The van der Waals surface area contributed by atoms with Crippen LogP contribution in [0.25, 0.3) is 0 Å². The summed E-state index contributed by atoms with van der Waals surface area (Å²) in [6, 6.07) is 0.340. The molecule has 0 heterocycles. The number of halogens is 1. The summed E-state index contributed by atoms with van der Waals surface area (Å²) >= 11 is 6.00. The third-order valence-corrected chi connectivity index (χ3v) is 5.05. The maximum atomic E-state index is 12.1.